The van der Waals surface area contributed by atoms with E-state index in [9.17, 15) is 27.9 Å². The Labute approximate surface area is 359 Å². The Kier molecular flexibility index (Phi) is 10.2. The lowest BCUT2D eigenvalue weighted by Crippen LogP contribution is -2.50. The molecule has 10 rings (SSSR count). The van der Waals surface area contributed by atoms with Gasteiger partial charge in [0.1, 0.15) is 12.0 Å². The Balaban J connectivity index is 0.767. The topological polar surface area (TPSA) is 189 Å². The summed E-state index contributed by atoms with van der Waals surface area (Å²) in [5.41, 5.74) is 2.97. The van der Waals surface area contributed by atoms with E-state index in [0.29, 0.717) is 24.5 Å². The molecule has 2 unspecified atom stereocenters. The average molecular weight is 870 g/mol. The first kappa shape index (κ1) is 40.8. The number of benzene rings is 2. The molecule has 0 radical (unpaired) electrons. The summed E-state index contributed by atoms with van der Waals surface area (Å²) in [7, 11) is -2.17. The number of sulfonamides is 1. The molecule has 3 saturated heterocycles. The van der Waals surface area contributed by atoms with Crippen LogP contribution in [0.2, 0.25) is 0 Å². The number of piperidine rings is 1. The molecule has 2 aromatic carbocycles. The predicted molar refractivity (Wildman–Crippen MR) is 229 cm³/mol. The van der Waals surface area contributed by atoms with Crippen molar-refractivity contribution in [3.63, 3.8) is 0 Å². The summed E-state index contributed by atoms with van der Waals surface area (Å²) in [5.74, 6) is 0.985. The second-order valence-corrected chi connectivity index (χ2v) is 19.7. The van der Waals surface area contributed by atoms with E-state index in [1.165, 1.54) is 9.21 Å². The number of aliphatic hydroxyl groups excluding tert-OH is 1. The fraction of sp³-hybridized carbons (Fsp3) is 0.535. The summed E-state index contributed by atoms with van der Waals surface area (Å²) in [5, 5.41) is 21.3. The smallest absolute Gasteiger partial charge is 0.329 e. The standard InChI is InChI=1S/C43H52FN11O6S/c1-26(51-17-19-52(20-18-51)28-9-10-32-36(23-28)50(2)49-38(32)54-16-12-37(57)47-42(54)59)27-5-3-8-31(21-27)62(60,61)53-15-11-35(34(44)25-53)46-41-45-24-33-39(48-41)55(40(58)43(33)13-14-43)29-6-4-7-30(56)22-29/h3,5,8-10,21,23-24,26,29-30,34-35,56H,4,6-7,11-20,22,25H2,1-2H3,(H,45,46,48)(H,47,57,59)/t26?,29-,30-,34-,35?/m1/s1. The molecule has 62 heavy (non-hydrogen) atoms. The number of aromatic nitrogens is 4. The average Bonchev–Trinajstić information content (AvgIpc) is 3.96. The molecule has 3 N–H and O–H groups in total. The molecule has 4 amide bonds. The van der Waals surface area contributed by atoms with E-state index in [4.69, 9.17) is 4.98 Å². The van der Waals surface area contributed by atoms with Crippen molar-refractivity contribution < 1.29 is 32.3 Å². The first-order chi connectivity index (χ1) is 29.8. The Morgan fingerprint density at radius 1 is 0.984 bits per heavy atom. The van der Waals surface area contributed by atoms with E-state index in [1.54, 1.807) is 34.0 Å². The van der Waals surface area contributed by atoms with Gasteiger partial charge in [0.05, 0.1) is 28.0 Å². The third kappa shape index (κ3) is 7.06. The number of hydrogen-bond donors (Lipinski definition) is 3. The molecule has 2 aliphatic carbocycles. The van der Waals surface area contributed by atoms with Crippen LogP contribution in [0.1, 0.15) is 75.5 Å². The van der Waals surface area contributed by atoms with Crippen LogP contribution in [0.25, 0.3) is 10.9 Å². The third-order valence-corrected chi connectivity index (χ3v) is 15.9. The number of amides is 4. The number of nitrogens with one attached hydrogen (secondary N) is 2. The fourth-order valence-corrected chi connectivity index (χ4v) is 11.7. The summed E-state index contributed by atoms with van der Waals surface area (Å²) in [6.45, 7) is 5.11. The minimum Gasteiger partial charge on any atom is -0.393 e. The number of urea groups is 1. The zero-order chi connectivity index (χ0) is 43.1. The van der Waals surface area contributed by atoms with Gasteiger partial charge in [0.2, 0.25) is 27.8 Å². The van der Waals surface area contributed by atoms with Gasteiger partial charge in [-0.05, 0) is 87.8 Å². The lowest BCUT2D eigenvalue weighted by Gasteiger charge is -2.39. The largest absolute Gasteiger partial charge is 0.393 e. The number of carbonyl (C=O) groups is 3. The number of carbonyl (C=O) groups excluding carboxylic acids is 3. The molecule has 5 atom stereocenters. The van der Waals surface area contributed by atoms with Crippen LogP contribution in [0.15, 0.2) is 53.6 Å². The molecule has 6 aliphatic rings. The van der Waals surface area contributed by atoms with Crippen molar-refractivity contribution in [3.8, 4) is 0 Å². The van der Waals surface area contributed by atoms with Gasteiger partial charge in [-0.25, -0.2) is 22.6 Å². The Bertz CT molecular complexity index is 2560. The number of imide groups is 1. The van der Waals surface area contributed by atoms with Gasteiger partial charge in [-0.3, -0.25) is 34.3 Å². The molecule has 2 aromatic heterocycles. The maximum Gasteiger partial charge on any atom is 0.329 e. The van der Waals surface area contributed by atoms with Gasteiger partial charge in [0.25, 0.3) is 0 Å². The van der Waals surface area contributed by atoms with Crippen molar-refractivity contribution in [1.29, 1.82) is 0 Å². The SMILES string of the molecule is CC(c1cccc(S(=O)(=O)N2CCC(Nc3ncc4c(n3)N([C@@H]3CCC[C@@H](O)C3)C(=O)C43CC3)[C@H](F)C2)c1)N1CCN(c2ccc3c(N4CCC(=O)NC4=O)nn(C)c3c2)CC1. The molecule has 19 heteroatoms. The van der Waals surface area contributed by atoms with E-state index in [1.807, 2.05) is 25.2 Å². The molecule has 5 fully saturated rings. The van der Waals surface area contributed by atoms with Crippen molar-refractivity contribution in [2.75, 3.05) is 65.8 Å². The van der Waals surface area contributed by atoms with Gasteiger partial charge in [-0.1, -0.05) is 12.1 Å². The van der Waals surface area contributed by atoms with Crippen molar-refractivity contribution in [1.82, 2.24) is 34.3 Å². The Morgan fingerprint density at radius 2 is 1.79 bits per heavy atom. The number of nitrogens with zero attached hydrogens (tertiary/aromatic N) is 9. The number of fused-ring (bicyclic) bond motifs is 3. The van der Waals surface area contributed by atoms with E-state index in [0.717, 1.165) is 79.6 Å². The van der Waals surface area contributed by atoms with Gasteiger partial charge in [-0.15, -0.1) is 0 Å². The first-order valence-electron chi connectivity index (χ1n) is 21.8. The minimum atomic E-state index is -4.00. The summed E-state index contributed by atoms with van der Waals surface area (Å²) in [4.78, 5) is 55.1. The molecule has 17 nitrogen and oxygen atoms in total. The minimum absolute atomic E-state index is 0.0144. The molecule has 2 saturated carbocycles. The Hall–Kier alpha value is -5.24. The van der Waals surface area contributed by atoms with Crippen LogP contribution in [-0.2, 0) is 32.1 Å². The molecule has 6 heterocycles. The number of hydrogen-bond acceptors (Lipinski definition) is 12. The highest BCUT2D eigenvalue weighted by atomic mass is 32.2. The lowest BCUT2D eigenvalue weighted by atomic mass is 9.92. The summed E-state index contributed by atoms with van der Waals surface area (Å²) >= 11 is 0. The van der Waals surface area contributed by atoms with E-state index >= 15 is 4.39 Å². The Morgan fingerprint density at radius 3 is 2.53 bits per heavy atom. The van der Waals surface area contributed by atoms with Crippen molar-refractivity contribution >= 4 is 62.0 Å². The second-order valence-electron chi connectivity index (χ2n) is 17.8. The summed E-state index contributed by atoms with van der Waals surface area (Å²) < 4.78 is 47.0. The highest BCUT2D eigenvalue weighted by molar-refractivity contribution is 7.89. The van der Waals surface area contributed by atoms with Crippen LogP contribution >= 0.6 is 0 Å². The molecule has 1 spiro atoms. The van der Waals surface area contributed by atoms with E-state index < -0.39 is 39.8 Å². The fourth-order valence-electron chi connectivity index (χ4n) is 10.2. The van der Waals surface area contributed by atoms with Crippen LogP contribution in [0.4, 0.5) is 32.5 Å². The second kappa shape index (κ2) is 15.5. The summed E-state index contributed by atoms with van der Waals surface area (Å²) in [6, 6.07) is 11.6. The molecular formula is C43H52FN11O6S. The maximum absolute atomic E-state index is 16.0. The van der Waals surface area contributed by atoms with Crippen LogP contribution in [0, 0.1) is 0 Å². The van der Waals surface area contributed by atoms with Gasteiger partial charge in [0, 0.05) is 94.2 Å². The van der Waals surface area contributed by atoms with Gasteiger partial charge >= 0.3 is 6.03 Å². The molecule has 0 bridgehead atoms. The van der Waals surface area contributed by atoms with Crippen LogP contribution in [0.3, 0.4) is 0 Å². The normalized spacial score (nSPS) is 26.3. The molecule has 4 aliphatic heterocycles. The van der Waals surface area contributed by atoms with Crippen molar-refractivity contribution in [3.05, 3.63) is 59.8 Å². The van der Waals surface area contributed by atoms with Gasteiger partial charge in [-0.2, -0.15) is 14.4 Å². The number of alkyl halides is 1. The van der Waals surface area contributed by atoms with Crippen LogP contribution in [-0.4, -0.2) is 130 Å². The zero-order valence-electron chi connectivity index (χ0n) is 34.9. The lowest BCUT2D eigenvalue weighted by molar-refractivity contribution is -0.121. The zero-order valence-corrected chi connectivity index (χ0v) is 35.7. The number of piperazine rings is 1. The van der Waals surface area contributed by atoms with Crippen LogP contribution in [0.5, 0.6) is 0 Å². The van der Waals surface area contributed by atoms with Crippen molar-refractivity contribution in [2.45, 2.75) is 99.0 Å². The number of rotatable bonds is 9. The first-order valence-corrected chi connectivity index (χ1v) is 23.2. The van der Waals surface area contributed by atoms with Gasteiger partial charge < -0.3 is 15.3 Å². The number of anilines is 4. The van der Waals surface area contributed by atoms with Crippen LogP contribution < -0.4 is 25.3 Å². The molecular weight excluding hydrogens is 818 g/mol. The van der Waals surface area contributed by atoms with Gasteiger partial charge in [0.15, 0.2) is 5.82 Å². The third-order valence-electron chi connectivity index (χ3n) is 14.0. The van der Waals surface area contributed by atoms with E-state index in [-0.39, 0.29) is 67.2 Å². The molecule has 328 valence electrons. The molecule has 4 aromatic rings. The predicted octanol–water partition coefficient (Wildman–Crippen LogP) is 3.59. The number of aliphatic hydroxyl groups is 1. The maximum atomic E-state index is 16.0. The quantitative estimate of drug-likeness (QED) is 0.222. The number of aryl methyl sites for hydroxylation is 1. The summed E-state index contributed by atoms with van der Waals surface area (Å²) in [6.07, 6.45) is 4.41. The monoisotopic (exact) mass is 869 g/mol. The number of halogens is 1. The highest BCUT2D eigenvalue weighted by Gasteiger charge is 2.61. The highest BCUT2D eigenvalue weighted by Crippen LogP contribution is 2.57. The van der Waals surface area contributed by atoms with Crippen molar-refractivity contribution in [2.24, 2.45) is 7.05 Å². The van der Waals surface area contributed by atoms with E-state index in [2.05, 4.69) is 43.5 Å².